The molecule has 1 aromatic heterocycles. The highest BCUT2D eigenvalue weighted by atomic mass is 32.1. The van der Waals surface area contributed by atoms with Crippen molar-refractivity contribution in [2.45, 2.75) is 19.3 Å². The molecule has 10 rings (SSSR count). The van der Waals surface area contributed by atoms with Crippen molar-refractivity contribution in [3.8, 4) is 22.3 Å². The summed E-state index contributed by atoms with van der Waals surface area (Å²) in [5, 5.41) is 7.66. The zero-order chi connectivity index (χ0) is 32.7. The fraction of sp³-hybridized carbons (Fsp3) is 0.0638. The summed E-state index contributed by atoms with van der Waals surface area (Å²) in [4.78, 5) is 2.51. The van der Waals surface area contributed by atoms with Gasteiger partial charge < -0.3 is 4.90 Å². The van der Waals surface area contributed by atoms with Gasteiger partial charge in [-0.25, -0.2) is 0 Å². The first kappa shape index (κ1) is 28.3. The van der Waals surface area contributed by atoms with E-state index in [0.29, 0.717) is 0 Å². The summed E-state index contributed by atoms with van der Waals surface area (Å²) < 4.78 is 2.61. The molecular formula is C47H33NS. The van der Waals surface area contributed by atoms with Crippen LogP contribution in [0.25, 0.3) is 64.0 Å². The number of nitrogens with zero attached hydrogens (tertiary/aromatic N) is 1. The second kappa shape index (κ2) is 10.7. The van der Waals surface area contributed by atoms with E-state index in [1.807, 2.05) is 11.3 Å². The predicted octanol–water partition coefficient (Wildman–Crippen LogP) is 13.8. The van der Waals surface area contributed by atoms with Crippen LogP contribution >= 0.6 is 11.3 Å². The highest BCUT2D eigenvalue weighted by molar-refractivity contribution is 7.26. The summed E-state index contributed by atoms with van der Waals surface area (Å²) >= 11 is 1.90. The SMILES string of the molecule is CC1(C)c2ccccc2-c2cc(N(c3ccccc3-c3ccc4ccccc4c3)c3cccc4c3sc3cc5ccccc5cc34)ccc21. The van der Waals surface area contributed by atoms with E-state index in [9.17, 15) is 0 Å². The van der Waals surface area contributed by atoms with E-state index in [4.69, 9.17) is 0 Å². The molecular weight excluding hydrogens is 611 g/mol. The van der Waals surface area contributed by atoms with Crippen LogP contribution in [-0.4, -0.2) is 0 Å². The minimum atomic E-state index is -0.0498. The van der Waals surface area contributed by atoms with Crippen molar-refractivity contribution in [1.29, 1.82) is 0 Å². The van der Waals surface area contributed by atoms with Gasteiger partial charge in [0.25, 0.3) is 0 Å². The van der Waals surface area contributed by atoms with Crippen molar-refractivity contribution in [3.63, 3.8) is 0 Å². The van der Waals surface area contributed by atoms with Crippen LogP contribution in [0.4, 0.5) is 17.1 Å². The average molecular weight is 644 g/mol. The predicted molar refractivity (Wildman–Crippen MR) is 212 cm³/mol. The normalized spacial score (nSPS) is 13.3. The number of anilines is 3. The molecule has 1 aliphatic carbocycles. The zero-order valence-corrected chi connectivity index (χ0v) is 28.3. The number of fused-ring (bicyclic) bond motifs is 8. The van der Waals surface area contributed by atoms with E-state index in [-0.39, 0.29) is 5.41 Å². The summed E-state index contributed by atoms with van der Waals surface area (Å²) in [6.07, 6.45) is 0. The highest BCUT2D eigenvalue weighted by Crippen LogP contribution is 2.52. The summed E-state index contributed by atoms with van der Waals surface area (Å²) in [5.41, 5.74) is 11.3. The van der Waals surface area contributed by atoms with Gasteiger partial charge in [-0.2, -0.15) is 0 Å². The Kier molecular flexibility index (Phi) is 6.16. The molecule has 0 saturated carbocycles. The molecule has 0 saturated heterocycles. The van der Waals surface area contributed by atoms with Gasteiger partial charge in [0.05, 0.1) is 16.1 Å². The lowest BCUT2D eigenvalue weighted by Gasteiger charge is -2.29. The van der Waals surface area contributed by atoms with E-state index in [2.05, 4.69) is 183 Å². The van der Waals surface area contributed by atoms with Gasteiger partial charge in [0.1, 0.15) is 0 Å². The lowest BCUT2D eigenvalue weighted by Crippen LogP contribution is -2.15. The Morgan fingerprint density at radius 3 is 1.94 bits per heavy atom. The molecule has 1 heterocycles. The van der Waals surface area contributed by atoms with Crippen LogP contribution in [0.15, 0.2) is 164 Å². The van der Waals surface area contributed by atoms with E-state index < -0.39 is 0 Å². The van der Waals surface area contributed by atoms with Crippen LogP contribution in [0.3, 0.4) is 0 Å². The lowest BCUT2D eigenvalue weighted by atomic mass is 9.82. The minimum absolute atomic E-state index is 0.0498. The van der Waals surface area contributed by atoms with E-state index in [1.165, 1.54) is 86.5 Å². The number of hydrogen-bond acceptors (Lipinski definition) is 2. The second-order valence-corrected chi connectivity index (χ2v) is 14.8. The van der Waals surface area contributed by atoms with Crippen LogP contribution in [0.5, 0.6) is 0 Å². The fourth-order valence-electron chi connectivity index (χ4n) is 8.17. The van der Waals surface area contributed by atoms with Crippen LogP contribution in [0, 0.1) is 0 Å². The standard InChI is InChI=1S/C47H33NS/c1-47(2)41-19-9-7-17-37(41)39-29-35(24-25-42(39)47)48(43-20-10-8-16-36(43)34-23-22-30-12-3-4-13-31(30)26-34)44-21-11-18-38-40-27-32-14-5-6-15-33(32)28-45(40)49-46(38)44/h3-29H,1-2H3. The third-order valence-electron chi connectivity index (χ3n) is 10.6. The zero-order valence-electron chi connectivity index (χ0n) is 27.4. The molecule has 0 fully saturated rings. The highest BCUT2D eigenvalue weighted by Gasteiger charge is 2.35. The van der Waals surface area contributed by atoms with Gasteiger partial charge in [-0.15, -0.1) is 11.3 Å². The van der Waals surface area contributed by atoms with Gasteiger partial charge >= 0.3 is 0 Å². The first-order valence-electron chi connectivity index (χ1n) is 17.0. The molecule has 0 unspecified atom stereocenters. The molecule has 2 heteroatoms. The number of para-hydroxylation sites is 1. The summed E-state index contributed by atoms with van der Waals surface area (Å²) in [6.45, 7) is 4.71. The third kappa shape index (κ3) is 4.31. The molecule has 0 amide bonds. The first-order chi connectivity index (χ1) is 24.0. The molecule has 8 aromatic carbocycles. The maximum atomic E-state index is 2.51. The minimum Gasteiger partial charge on any atom is -0.308 e. The molecule has 232 valence electrons. The monoisotopic (exact) mass is 643 g/mol. The molecule has 0 radical (unpaired) electrons. The second-order valence-electron chi connectivity index (χ2n) is 13.8. The fourth-order valence-corrected chi connectivity index (χ4v) is 9.41. The Hall–Kier alpha value is -5.70. The van der Waals surface area contributed by atoms with E-state index in [0.717, 1.165) is 5.69 Å². The summed E-state index contributed by atoms with van der Waals surface area (Å²) in [5.74, 6) is 0. The van der Waals surface area contributed by atoms with Crippen molar-refractivity contribution in [2.75, 3.05) is 4.90 Å². The van der Waals surface area contributed by atoms with Gasteiger partial charge in [-0.3, -0.25) is 0 Å². The molecule has 1 aliphatic rings. The smallest absolute Gasteiger partial charge is 0.0640 e. The van der Waals surface area contributed by atoms with Gasteiger partial charge in [0.2, 0.25) is 0 Å². The largest absolute Gasteiger partial charge is 0.308 e. The van der Waals surface area contributed by atoms with Gasteiger partial charge in [-0.05, 0) is 91.8 Å². The Labute approximate surface area is 290 Å². The third-order valence-corrected chi connectivity index (χ3v) is 11.8. The quantitative estimate of drug-likeness (QED) is 0.184. The van der Waals surface area contributed by atoms with E-state index in [1.54, 1.807) is 0 Å². The van der Waals surface area contributed by atoms with Crippen molar-refractivity contribution < 1.29 is 0 Å². The maximum absolute atomic E-state index is 2.51. The van der Waals surface area contributed by atoms with E-state index >= 15 is 0 Å². The van der Waals surface area contributed by atoms with Crippen molar-refractivity contribution in [3.05, 3.63) is 175 Å². The topological polar surface area (TPSA) is 3.24 Å². The summed E-state index contributed by atoms with van der Waals surface area (Å²) in [7, 11) is 0. The first-order valence-corrected chi connectivity index (χ1v) is 17.8. The molecule has 1 nitrogen and oxygen atoms in total. The molecule has 0 bridgehead atoms. The Morgan fingerprint density at radius 2 is 1.10 bits per heavy atom. The van der Waals surface area contributed by atoms with Crippen molar-refractivity contribution >= 4 is 70.1 Å². The van der Waals surface area contributed by atoms with Gasteiger partial charge in [0, 0.05) is 32.1 Å². The molecule has 49 heavy (non-hydrogen) atoms. The molecule has 0 aliphatic heterocycles. The molecule has 0 atom stereocenters. The van der Waals surface area contributed by atoms with Crippen LogP contribution < -0.4 is 4.90 Å². The lowest BCUT2D eigenvalue weighted by molar-refractivity contribution is 0.660. The molecule has 9 aromatic rings. The number of benzene rings is 8. The number of hydrogen-bond donors (Lipinski definition) is 0. The average Bonchev–Trinajstić information content (AvgIpc) is 3.62. The van der Waals surface area contributed by atoms with Crippen LogP contribution in [0.1, 0.15) is 25.0 Å². The van der Waals surface area contributed by atoms with Crippen LogP contribution in [0.2, 0.25) is 0 Å². The van der Waals surface area contributed by atoms with Gasteiger partial charge in [-0.1, -0.05) is 135 Å². The summed E-state index contributed by atoms with van der Waals surface area (Å²) in [6, 6.07) is 60.7. The van der Waals surface area contributed by atoms with Crippen LogP contribution in [-0.2, 0) is 5.41 Å². The molecule has 0 spiro atoms. The van der Waals surface area contributed by atoms with Crippen molar-refractivity contribution in [2.24, 2.45) is 0 Å². The van der Waals surface area contributed by atoms with Gasteiger partial charge in [0.15, 0.2) is 0 Å². The maximum Gasteiger partial charge on any atom is 0.0640 e. The number of thiophene rings is 1. The Bertz CT molecular complexity index is 2770. The molecule has 0 N–H and O–H groups in total. The van der Waals surface area contributed by atoms with Crippen molar-refractivity contribution in [1.82, 2.24) is 0 Å². The Balaban J connectivity index is 1.26. The Morgan fingerprint density at radius 1 is 0.449 bits per heavy atom. The number of rotatable bonds is 4.